The summed E-state index contributed by atoms with van der Waals surface area (Å²) in [5.74, 6) is 0.705. The first-order valence-electron chi connectivity index (χ1n) is 7.45. The van der Waals surface area contributed by atoms with Crippen LogP contribution in [0.4, 0.5) is 10.7 Å². The van der Waals surface area contributed by atoms with E-state index in [4.69, 9.17) is 4.74 Å². The summed E-state index contributed by atoms with van der Waals surface area (Å²) in [5, 5.41) is 0. The molecule has 3 heterocycles. The third-order valence-electron chi connectivity index (χ3n) is 3.50. The largest absolute Gasteiger partial charge is 0.444 e. The number of nitrogens with one attached hydrogen (secondary N) is 1. The third kappa shape index (κ3) is 3.13. The Balaban J connectivity index is 1.62. The van der Waals surface area contributed by atoms with Crippen LogP contribution < -0.4 is 4.90 Å². The van der Waals surface area contributed by atoms with Gasteiger partial charge in [-0.15, -0.1) is 0 Å². The molecular weight excluding hydrogens is 282 g/mol. The molecule has 1 saturated heterocycles. The molecule has 0 radical (unpaired) electrons. The molecule has 1 fully saturated rings. The van der Waals surface area contributed by atoms with Crippen LogP contribution in [0.3, 0.4) is 0 Å². The SMILES string of the molecule is CC(C)(C)OC(=O)N1CCN(c2ncc3[nH]ccc3n2)CC1. The van der Waals surface area contributed by atoms with Crippen LogP contribution in [0, 0.1) is 0 Å². The number of carbonyl (C=O) groups excluding carboxylic acids is 1. The van der Waals surface area contributed by atoms with Crippen molar-refractivity contribution in [3.63, 3.8) is 0 Å². The van der Waals surface area contributed by atoms with Crippen molar-refractivity contribution in [2.75, 3.05) is 31.1 Å². The molecule has 0 bridgehead atoms. The number of rotatable bonds is 1. The molecule has 7 nitrogen and oxygen atoms in total. The zero-order valence-corrected chi connectivity index (χ0v) is 13.2. The quantitative estimate of drug-likeness (QED) is 0.872. The predicted octanol–water partition coefficient (Wildman–Crippen LogP) is 2.01. The maximum Gasteiger partial charge on any atom is 0.410 e. The molecule has 3 rings (SSSR count). The summed E-state index contributed by atoms with van der Waals surface area (Å²) in [4.78, 5) is 27.9. The van der Waals surface area contributed by atoms with Crippen molar-refractivity contribution >= 4 is 23.1 Å². The van der Waals surface area contributed by atoms with Crippen LogP contribution in [0.2, 0.25) is 0 Å². The Kier molecular flexibility index (Phi) is 3.64. The van der Waals surface area contributed by atoms with Crippen LogP contribution in [0.15, 0.2) is 18.5 Å². The normalized spacial score (nSPS) is 16.1. The number of aromatic nitrogens is 3. The Morgan fingerprint density at radius 1 is 1.27 bits per heavy atom. The van der Waals surface area contributed by atoms with E-state index in [9.17, 15) is 4.79 Å². The molecule has 2 aromatic rings. The van der Waals surface area contributed by atoms with Crippen LogP contribution in [0.1, 0.15) is 20.8 Å². The Morgan fingerprint density at radius 2 is 2.00 bits per heavy atom. The third-order valence-corrected chi connectivity index (χ3v) is 3.50. The number of hydrogen-bond donors (Lipinski definition) is 1. The van der Waals surface area contributed by atoms with Gasteiger partial charge >= 0.3 is 6.09 Å². The minimum Gasteiger partial charge on any atom is -0.444 e. The number of carbonyl (C=O) groups is 1. The number of fused-ring (bicyclic) bond motifs is 1. The van der Waals surface area contributed by atoms with Gasteiger partial charge in [-0.25, -0.2) is 14.8 Å². The van der Waals surface area contributed by atoms with E-state index in [1.54, 1.807) is 11.1 Å². The van der Waals surface area contributed by atoms with E-state index < -0.39 is 5.60 Å². The lowest BCUT2D eigenvalue weighted by atomic mass is 10.2. The predicted molar refractivity (Wildman–Crippen MR) is 83.9 cm³/mol. The molecule has 0 aromatic carbocycles. The molecule has 118 valence electrons. The number of ether oxygens (including phenoxy) is 1. The average Bonchev–Trinajstić information content (AvgIpc) is 2.93. The summed E-state index contributed by atoms with van der Waals surface area (Å²) in [6.07, 6.45) is 3.38. The van der Waals surface area contributed by atoms with Gasteiger partial charge in [-0.1, -0.05) is 0 Å². The molecule has 1 amide bonds. The molecule has 0 saturated carbocycles. The topological polar surface area (TPSA) is 74.3 Å². The van der Waals surface area contributed by atoms with E-state index in [0.29, 0.717) is 32.1 Å². The van der Waals surface area contributed by atoms with Crippen LogP contribution in [0.25, 0.3) is 11.0 Å². The smallest absolute Gasteiger partial charge is 0.410 e. The Hall–Kier alpha value is -2.31. The lowest BCUT2D eigenvalue weighted by Gasteiger charge is -2.35. The molecule has 22 heavy (non-hydrogen) atoms. The van der Waals surface area contributed by atoms with Crippen molar-refractivity contribution in [3.05, 3.63) is 18.5 Å². The number of amides is 1. The first-order chi connectivity index (χ1) is 10.4. The fourth-order valence-electron chi connectivity index (χ4n) is 2.40. The Bertz CT molecular complexity index is 668. The molecule has 0 unspecified atom stereocenters. The van der Waals surface area contributed by atoms with Gasteiger partial charge in [0.05, 0.1) is 17.2 Å². The van der Waals surface area contributed by atoms with Crippen LogP contribution >= 0.6 is 0 Å². The number of hydrogen-bond acceptors (Lipinski definition) is 5. The second-order valence-electron chi connectivity index (χ2n) is 6.40. The Morgan fingerprint density at radius 3 is 2.68 bits per heavy atom. The molecule has 1 aliphatic rings. The fraction of sp³-hybridized carbons (Fsp3) is 0.533. The van der Waals surface area contributed by atoms with E-state index in [-0.39, 0.29) is 6.09 Å². The summed E-state index contributed by atoms with van der Waals surface area (Å²) in [6, 6.07) is 1.93. The number of aromatic amines is 1. The molecule has 0 aliphatic carbocycles. The van der Waals surface area contributed by atoms with Crippen LogP contribution in [-0.2, 0) is 4.74 Å². The molecule has 1 aliphatic heterocycles. The number of nitrogens with zero attached hydrogens (tertiary/aromatic N) is 4. The molecule has 0 atom stereocenters. The highest BCUT2D eigenvalue weighted by atomic mass is 16.6. The summed E-state index contributed by atoms with van der Waals surface area (Å²) in [5.41, 5.74) is 1.37. The maximum absolute atomic E-state index is 12.0. The molecule has 0 spiro atoms. The van der Waals surface area contributed by atoms with Crippen molar-refractivity contribution < 1.29 is 9.53 Å². The van der Waals surface area contributed by atoms with E-state index in [2.05, 4.69) is 19.9 Å². The van der Waals surface area contributed by atoms with Gasteiger partial charge in [0, 0.05) is 32.4 Å². The van der Waals surface area contributed by atoms with Crippen LogP contribution in [-0.4, -0.2) is 57.7 Å². The first-order valence-corrected chi connectivity index (χ1v) is 7.45. The summed E-state index contributed by atoms with van der Waals surface area (Å²) < 4.78 is 5.40. The van der Waals surface area contributed by atoms with Crippen molar-refractivity contribution in [1.29, 1.82) is 0 Å². The van der Waals surface area contributed by atoms with E-state index in [1.165, 1.54) is 0 Å². The second kappa shape index (κ2) is 5.47. The monoisotopic (exact) mass is 303 g/mol. The van der Waals surface area contributed by atoms with Gasteiger partial charge in [0.1, 0.15) is 5.60 Å². The average molecular weight is 303 g/mol. The minimum absolute atomic E-state index is 0.255. The summed E-state index contributed by atoms with van der Waals surface area (Å²) in [6.45, 7) is 8.26. The van der Waals surface area contributed by atoms with Gasteiger partial charge in [-0.05, 0) is 26.8 Å². The van der Waals surface area contributed by atoms with E-state index in [1.807, 2.05) is 33.0 Å². The molecule has 1 N–H and O–H groups in total. The van der Waals surface area contributed by atoms with Crippen molar-refractivity contribution in [2.45, 2.75) is 26.4 Å². The Labute approximate surface area is 129 Å². The van der Waals surface area contributed by atoms with E-state index in [0.717, 1.165) is 11.0 Å². The number of anilines is 1. The van der Waals surface area contributed by atoms with Gasteiger partial charge in [0.15, 0.2) is 0 Å². The zero-order valence-electron chi connectivity index (χ0n) is 13.2. The highest BCUT2D eigenvalue weighted by Crippen LogP contribution is 2.17. The van der Waals surface area contributed by atoms with Gasteiger partial charge in [-0.3, -0.25) is 0 Å². The summed E-state index contributed by atoms with van der Waals surface area (Å²) in [7, 11) is 0. The number of H-pyrrole nitrogens is 1. The second-order valence-corrected chi connectivity index (χ2v) is 6.40. The summed E-state index contributed by atoms with van der Waals surface area (Å²) >= 11 is 0. The first kappa shape index (κ1) is 14.6. The fourth-order valence-corrected chi connectivity index (χ4v) is 2.40. The van der Waals surface area contributed by atoms with Gasteiger partial charge in [-0.2, -0.15) is 0 Å². The van der Waals surface area contributed by atoms with Crippen molar-refractivity contribution in [3.8, 4) is 0 Å². The highest BCUT2D eigenvalue weighted by Gasteiger charge is 2.26. The van der Waals surface area contributed by atoms with Crippen LogP contribution in [0.5, 0.6) is 0 Å². The van der Waals surface area contributed by atoms with Gasteiger partial charge < -0.3 is 19.5 Å². The highest BCUT2D eigenvalue weighted by molar-refractivity contribution is 5.75. The van der Waals surface area contributed by atoms with Gasteiger partial charge in [0.25, 0.3) is 0 Å². The van der Waals surface area contributed by atoms with E-state index >= 15 is 0 Å². The lowest BCUT2D eigenvalue weighted by Crippen LogP contribution is -2.50. The lowest BCUT2D eigenvalue weighted by molar-refractivity contribution is 0.0240. The minimum atomic E-state index is -0.462. The molecule has 2 aromatic heterocycles. The standard InChI is InChI=1S/C15H21N5O2/c1-15(2,3)22-14(21)20-8-6-19(7-9-20)13-17-10-12-11(18-13)4-5-16-12/h4-5,10,16H,6-9H2,1-3H3. The van der Waals surface area contributed by atoms with Gasteiger partial charge in [0.2, 0.25) is 5.95 Å². The number of piperazine rings is 1. The van der Waals surface area contributed by atoms with Crippen molar-refractivity contribution in [1.82, 2.24) is 19.9 Å². The maximum atomic E-state index is 12.0. The zero-order chi connectivity index (χ0) is 15.7. The molecule has 7 heteroatoms. The molecular formula is C15H21N5O2. The van der Waals surface area contributed by atoms with Crippen molar-refractivity contribution in [2.24, 2.45) is 0 Å².